The van der Waals surface area contributed by atoms with Crippen LogP contribution in [0.5, 0.6) is 0 Å². The smallest absolute Gasteiger partial charge is 0.312 e. The van der Waals surface area contributed by atoms with Crippen molar-refractivity contribution in [2.75, 3.05) is 19.7 Å². The van der Waals surface area contributed by atoms with E-state index in [1.165, 1.54) is 4.90 Å². The molecule has 1 heterocycles. The van der Waals surface area contributed by atoms with Crippen LogP contribution in [0.15, 0.2) is 0 Å². The molecule has 27 heavy (non-hydrogen) atoms. The quantitative estimate of drug-likeness (QED) is 0.649. The van der Waals surface area contributed by atoms with Gasteiger partial charge in [-0.05, 0) is 51.9 Å². The molecule has 1 aliphatic heterocycles. The van der Waals surface area contributed by atoms with Gasteiger partial charge in [0.1, 0.15) is 6.04 Å². The molecule has 148 valence electrons. The van der Waals surface area contributed by atoms with Crippen molar-refractivity contribution in [1.29, 1.82) is 5.26 Å². The maximum Gasteiger partial charge on any atom is 0.312 e. The number of nitrogens with zero attached hydrogens (tertiary/aromatic N) is 2. The van der Waals surface area contributed by atoms with E-state index in [4.69, 9.17) is 10.5 Å². The van der Waals surface area contributed by atoms with Gasteiger partial charge < -0.3 is 20.7 Å². The predicted octanol–water partition coefficient (Wildman–Crippen LogP) is 0.458. The maximum atomic E-state index is 12.6. The number of nitriles is 1. The Hall–Kier alpha value is -2.14. The van der Waals surface area contributed by atoms with E-state index < -0.39 is 17.9 Å². The lowest BCUT2D eigenvalue weighted by Gasteiger charge is -2.52. The molecule has 4 rings (SSSR count). The lowest BCUT2D eigenvalue weighted by atomic mass is 9.57. The lowest BCUT2D eigenvalue weighted by Crippen LogP contribution is -2.58. The van der Waals surface area contributed by atoms with Gasteiger partial charge in [0, 0.05) is 12.1 Å². The molecule has 0 unspecified atom stereocenters. The molecule has 0 aromatic rings. The second kappa shape index (κ2) is 7.47. The number of hydrogen-bond acceptors (Lipinski definition) is 6. The Bertz CT molecular complexity index is 647. The summed E-state index contributed by atoms with van der Waals surface area (Å²) in [6, 6.07) is 1.50. The van der Waals surface area contributed by atoms with Crippen LogP contribution in [0.1, 0.15) is 51.9 Å². The fraction of sp³-hybridized carbons (Fsp3) is 0.789. The predicted molar refractivity (Wildman–Crippen MR) is 95.9 cm³/mol. The summed E-state index contributed by atoms with van der Waals surface area (Å²) in [7, 11) is 0. The van der Waals surface area contributed by atoms with Crippen molar-refractivity contribution in [3.63, 3.8) is 0 Å². The number of esters is 1. The van der Waals surface area contributed by atoms with E-state index in [-0.39, 0.29) is 35.9 Å². The molecule has 2 amide bonds. The number of hydrogen-bond donors (Lipinski definition) is 2. The first-order chi connectivity index (χ1) is 12.8. The Morgan fingerprint density at radius 3 is 2.37 bits per heavy atom. The first-order valence-electron chi connectivity index (χ1n) is 9.75. The molecule has 4 aliphatic rings. The highest BCUT2D eigenvalue weighted by molar-refractivity contribution is 5.83. The zero-order chi connectivity index (χ0) is 19.7. The number of nitrogens with two attached hydrogens (primary N) is 1. The summed E-state index contributed by atoms with van der Waals surface area (Å²) in [5.41, 5.74) is 4.86. The molecule has 0 aromatic heterocycles. The molecule has 3 saturated carbocycles. The summed E-state index contributed by atoms with van der Waals surface area (Å²) in [5.74, 6) is -1.17. The minimum absolute atomic E-state index is 0.0826. The van der Waals surface area contributed by atoms with E-state index in [9.17, 15) is 19.6 Å². The van der Waals surface area contributed by atoms with Crippen LogP contribution in [0.4, 0.5) is 0 Å². The third-order valence-electron chi connectivity index (χ3n) is 6.74. The average molecular weight is 376 g/mol. The average Bonchev–Trinajstić information content (AvgIpc) is 3.13. The summed E-state index contributed by atoms with van der Waals surface area (Å²) >= 11 is 0. The lowest BCUT2D eigenvalue weighted by molar-refractivity contribution is -0.163. The maximum absolute atomic E-state index is 12.6. The van der Waals surface area contributed by atoms with E-state index in [1.807, 2.05) is 6.92 Å². The number of primary amides is 1. The Kier molecular flexibility index (Phi) is 5.43. The third kappa shape index (κ3) is 3.65. The highest BCUT2D eigenvalue weighted by atomic mass is 16.5. The van der Waals surface area contributed by atoms with E-state index in [0.717, 1.165) is 38.5 Å². The van der Waals surface area contributed by atoms with Gasteiger partial charge in [-0.25, -0.2) is 0 Å². The van der Waals surface area contributed by atoms with E-state index in [0.29, 0.717) is 13.0 Å². The largest absolute Gasteiger partial charge is 0.466 e. The van der Waals surface area contributed by atoms with Crippen LogP contribution in [0, 0.1) is 22.7 Å². The molecule has 0 aromatic carbocycles. The molecule has 8 heteroatoms. The molecule has 3 N–H and O–H groups in total. The number of amides is 2. The summed E-state index contributed by atoms with van der Waals surface area (Å²) in [6.45, 7) is 2.58. The minimum atomic E-state index is -0.594. The Balaban J connectivity index is 1.56. The highest BCUT2D eigenvalue weighted by Gasteiger charge is 2.53. The molecule has 0 radical (unpaired) electrons. The molecular weight excluding hydrogens is 348 g/mol. The Morgan fingerprint density at radius 2 is 1.85 bits per heavy atom. The molecule has 2 atom stereocenters. The fourth-order valence-electron chi connectivity index (χ4n) is 4.85. The Labute approximate surface area is 159 Å². The van der Waals surface area contributed by atoms with Crippen molar-refractivity contribution >= 4 is 17.8 Å². The Morgan fingerprint density at radius 1 is 1.22 bits per heavy atom. The van der Waals surface area contributed by atoms with Crippen molar-refractivity contribution in [3.05, 3.63) is 0 Å². The molecule has 2 bridgehead atoms. The van der Waals surface area contributed by atoms with Crippen molar-refractivity contribution in [3.8, 4) is 6.07 Å². The van der Waals surface area contributed by atoms with E-state index in [2.05, 4.69) is 11.4 Å². The zero-order valence-electron chi connectivity index (χ0n) is 15.8. The first-order valence-corrected chi connectivity index (χ1v) is 9.75. The molecule has 4 fully saturated rings. The summed E-state index contributed by atoms with van der Waals surface area (Å²) < 4.78 is 5.26. The van der Waals surface area contributed by atoms with Crippen molar-refractivity contribution in [2.24, 2.45) is 17.1 Å². The van der Waals surface area contributed by atoms with Gasteiger partial charge in [-0.1, -0.05) is 0 Å². The van der Waals surface area contributed by atoms with Gasteiger partial charge in [0.25, 0.3) is 0 Å². The summed E-state index contributed by atoms with van der Waals surface area (Å²) in [6.07, 6.45) is 5.16. The van der Waals surface area contributed by atoms with Gasteiger partial charge in [0.15, 0.2) is 0 Å². The van der Waals surface area contributed by atoms with E-state index in [1.54, 1.807) is 0 Å². The van der Waals surface area contributed by atoms with Crippen LogP contribution in [-0.2, 0) is 19.1 Å². The van der Waals surface area contributed by atoms with Gasteiger partial charge in [-0.3, -0.25) is 14.4 Å². The molecule has 0 spiro atoms. The number of fused-ring (bicyclic) bond motifs is 3. The number of carbonyl (C=O) groups is 3. The SMILES string of the molecule is CCOC(=O)C12CCC(NCC(=O)N3C[C@@H](C(N)=O)C[C@H]3C#N)(CC1)CC2. The third-order valence-corrected chi connectivity index (χ3v) is 6.74. The van der Waals surface area contributed by atoms with Crippen molar-refractivity contribution < 1.29 is 19.1 Å². The van der Waals surface area contributed by atoms with Crippen LogP contribution in [0.2, 0.25) is 0 Å². The van der Waals surface area contributed by atoms with Crippen LogP contribution >= 0.6 is 0 Å². The molecule has 1 saturated heterocycles. The number of carbonyl (C=O) groups excluding carboxylic acids is 3. The first kappa shape index (κ1) is 19.6. The topological polar surface area (TPSA) is 126 Å². The van der Waals surface area contributed by atoms with Gasteiger partial charge >= 0.3 is 5.97 Å². The minimum Gasteiger partial charge on any atom is -0.466 e. The number of ether oxygens (including phenoxy) is 1. The summed E-state index contributed by atoms with van der Waals surface area (Å²) in [4.78, 5) is 37.8. The standard InChI is InChI=1S/C19H28N4O4/c1-2-27-17(26)18-3-6-19(7-4-18,8-5-18)22-11-15(24)23-12-13(16(21)25)9-14(23)10-20/h13-14,22H,2-9,11-12H2,1H3,(H2,21,25)/t13-,14-,18?,19?/m0/s1. The van der Waals surface area contributed by atoms with E-state index >= 15 is 0 Å². The highest BCUT2D eigenvalue weighted by Crippen LogP contribution is 2.52. The van der Waals surface area contributed by atoms with Gasteiger partial charge in [-0.2, -0.15) is 5.26 Å². The fourth-order valence-corrected chi connectivity index (χ4v) is 4.85. The number of rotatable bonds is 6. The number of likely N-dealkylation sites (tertiary alicyclic amines) is 1. The second-order valence-electron chi connectivity index (χ2n) is 8.16. The van der Waals surface area contributed by atoms with Gasteiger partial charge in [-0.15, -0.1) is 0 Å². The second-order valence-corrected chi connectivity index (χ2v) is 8.16. The van der Waals surface area contributed by atoms with Crippen molar-refractivity contribution in [2.45, 2.75) is 63.5 Å². The van der Waals surface area contributed by atoms with Crippen LogP contribution in [-0.4, -0.2) is 54.0 Å². The van der Waals surface area contributed by atoms with Gasteiger partial charge in [0.2, 0.25) is 11.8 Å². The molecule has 8 nitrogen and oxygen atoms in total. The zero-order valence-corrected chi connectivity index (χ0v) is 15.8. The molecule has 3 aliphatic carbocycles. The number of nitrogens with one attached hydrogen (secondary N) is 1. The normalized spacial score (nSPS) is 34.9. The van der Waals surface area contributed by atoms with Crippen LogP contribution in [0.25, 0.3) is 0 Å². The van der Waals surface area contributed by atoms with Gasteiger partial charge in [0.05, 0.1) is 30.6 Å². The summed E-state index contributed by atoms with van der Waals surface area (Å²) in [5, 5.41) is 12.7. The molecular formula is C19H28N4O4. The van der Waals surface area contributed by atoms with Crippen molar-refractivity contribution in [1.82, 2.24) is 10.2 Å². The van der Waals surface area contributed by atoms with Crippen LogP contribution in [0.3, 0.4) is 0 Å². The van der Waals surface area contributed by atoms with Crippen LogP contribution < -0.4 is 11.1 Å². The monoisotopic (exact) mass is 376 g/mol.